The summed E-state index contributed by atoms with van der Waals surface area (Å²) in [4.78, 5) is 4.08. The van der Waals surface area contributed by atoms with E-state index in [9.17, 15) is 8.78 Å². The molecule has 6 nitrogen and oxygen atoms in total. The number of benzene rings is 1. The molecule has 0 spiro atoms. The number of alkyl halides is 2. The van der Waals surface area contributed by atoms with Crippen LogP contribution >= 0.6 is 11.8 Å². The fraction of sp³-hybridized carbons (Fsp3) is 0.500. The lowest BCUT2D eigenvalue weighted by Gasteiger charge is -2.15. The molecule has 1 aliphatic heterocycles. The molecule has 23 heavy (non-hydrogen) atoms. The van der Waals surface area contributed by atoms with Gasteiger partial charge in [0.2, 0.25) is 6.79 Å². The third kappa shape index (κ3) is 5.05. The van der Waals surface area contributed by atoms with Crippen LogP contribution in [-0.4, -0.2) is 45.0 Å². The van der Waals surface area contributed by atoms with E-state index in [1.807, 2.05) is 6.26 Å². The monoisotopic (exact) mass is 347 g/mol. The van der Waals surface area contributed by atoms with Crippen LogP contribution in [0.1, 0.15) is 5.56 Å². The van der Waals surface area contributed by atoms with Crippen molar-refractivity contribution in [3.05, 3.63) is 17.7 Å². The maximum absolute atomic E-state index is 12.6. The summed E-state index contributed by atoms with van der Waals surface area (Å²) >= 11 is 1.71. The number of guanidine groups is 1. The molecule has 1 heterocycles. The van der Waals surface area contributed by atoms with E-state index in [2.05, 4.69) is 20.4 Å². The Balaban J connectivity index is 2.05. The SMILES string of the molecule is CN=C(NCCSC)NCc1cc2c(cc1OC(F)F)OCO2. The molecule has 128 valence electrons. The second-order valence-corrected chi connectivity index (χ2v) is 5.52. The van der Waals surface area contributed by atoms with E-state index in [0.29, 0.717) is 23.0 Å². The smallest absolute Gasteiger partial charge is 0.387 e. The topological polar surface area (TPSA) is 64.1 Å². The van der Waals surface area contributed by atoms with Crippen molar-refractivity contribution in [2.75, 3.05) is 32.4 Å². The van der Waals surface area contributed by atoms with E-state index in [4.69, 9.17) is 9.47 Å². The Hall–Kier alpha value is -1.90. The zero-order valence-electron chi connectivity index (χ0n) is 12.9. The normalized spacial score (nSPS) is 13.3. The summed E-state index contributed by atoms with van der Waals surface area (Å²) in [6, 6.07) is 3.04. The van der Waals surface area contributed by atoms with Crippen LogP contribution in [0.2, 0.25) is 0 Å². The van der Waals surface area contributed by atoms with Crippen LogP contribution in [0.15, 0.2) is 17.1 Å². The third-order valence-corrected chi connectivity index (χ3v) is 3.65. The summed E-state index contributed by atoms with van der Waals surface area (Å²) < 4.78 is 40.2. The van der Waals surface area contributed by atoms with Gasteiger partial charge in [-0.25, -0.2) is 0 Å². The lowest BCUT2D eigenvalue weighted by molar-refractivity contribution is -0.0505. The minimum absolute atomic E-state index is 0.0521. The molecule has 0 fully saturated rings. The number of hydrogen-bond donors (Lipinski definition) is 2. The van der Waals surface area contributed by atoms with Gasteiger partial charge in [-0.15, -0.1) is 0 Å². The number of aliphatic imine (C=N–C) groups is 1. The fourth-order valence-electron chi connectivity index (χ4n) is 1.98. The van der Waals surface area contributed by atoms with Gasteiger partial charge in [-0.1, -0.05) is 0 Å². The number of fused-ring (bicyclic) bond motifs is 1. The highest BCUT2D eigenvalue weighted by atomic mass is 32.2. The number of nitrogens with one attached hydrogen (secondary N) is 2. The average molecular weight is 347 g/mol. The van der Waals surface area contributed by atoms with Gasteiger partial charge in [0, 0.05) is 37.5 Å². The summed E-state index contributed by atoms with van der Waals surface area (Å²) in [7, 11) is 1.64. The summed E-state index contributed by atoms with van der Waals surface area (Å²) in [6.07, 6.45) is 2.01. The molecule has 2 rings (SSSR count). The van der Waals surface area contributed by atoms with Crippen molar-refractivity contribution in [1.82, 2.24) is 10.6 Å². The molecule has 0 radical (unpaired) electrons. The molecule has 2 N–H and O–H groups in total. The molecule has 9 heteroatoms. The largest absolute Gasteiger partial charge is 0.454 e. The summed E-state index contributed by atoms with van der Waals surface area (Å²) in [5.74, 6) is 2.47. The van der Waals surface area contributed by atoms with Crippen molar-refractivity contribution in [3.8, 4) is 17.2 Å². The molecule has 0 amide bonds. The predicted molar refractivity (Wildman–Crippen MR) is 85.8 cm³/mol. The van der Waals surface area contributed by atoms with Gasteiger partial charge in [-0.2, -0.15) is 20.5 Å². The molecule has 0 saturated carbocycles. The van der Waals surface area contributed by atoms with Crippen LogP contribution in [0.5, 0.6) is 17.2 Å². The van der Waals surface area contributed by atoms with E-state index in [1.165, 1.54) is 6.07 Å². The van der Waals surface area contributed by atoms with Crippen LogP contribution in [0.4, 0.5) is 8.78 Å². The minimum atomic E-state index is -2.91. The van der Waals surface area contributed by atoms with Gasteiger partial charge in [0.1, 0.15) is 5.75 Å². The molecular formula is C14H19F2N3O3S. The molecule has 0 unspecified atom stereocenters. The van der Waals surface area contributed by atoms with Gasteiger partial charge in [-0.05, 0) is 12.3 Å². The Bertz CT molecular complexity index is 558. The highest BCUT2D eigenvalue weighted by Gasteiger charge is 2.20. The number of rotatable bonds is 7. The molecular weight excluding hydrogens is 328 g/mol. The predicted octanol–water partition coefficient (Wildman–Crippen LogP) is 2.04. The minimum Gasteiger partial charge on any atom is -0.454 e. The molecule has 0 atom stereocenters. The average Bonchev–Trinajstić information content (AvgIpc) is 2.97. The number of halogens is 2. The van der Waals surface area contributed by atoms with Crippen molar-refractivity contribution in [3.63, 3.8) is 0 Å². The zero-order chi connectivity index (χ0) is 16.7. The lowest BCUT2D eigenvalue weighted by atomic mass is 10.1. The van der Waals surface area contributed by atoms with Gasteiger partial charge in [0.05, 0.1) is 0 Å². The van der Waals surface area contributed by atoms with Crippen LogP contribution in [0, 0.1) is 0 Å². The van der Waals surface area contributed by atoms with Crippen molar-refractivity contribution in [2.45, 2.75) is 13.2 Å². The van der Waals surface area contributed by atoms with E-state index in [-0.39, 0.29) is 19.1 Å². The van der Waals surface area contributed by atoms with Gasteiger partial charge < -0.3 is 24.8 Å². The Morgan fingerprint density at radius 3 is 2.74 bits per heavy atom. The van der Waals surface area contributed by atoms with Crippen molar-refractivity contribution < 1.29 is 23.0 Å². The standard InChI is InChI=1S/C14H19F2N3O3S/c1-17-14(18-3-4-23-2)19-7-9-5-11-12(21-8-20-11)6-10(9)22-13(15)16/h5-6,13H,3-4,7-8H2,1-2H3,(H2,17,18,19). The Morgan fingerprint density at radius 2 is 2.09 bits per heavy atom. The number of thioether (sulfide) groups is 1. The van der Waals surface area contributed by atoms with E-state index < -0.39 is 6.61 Å². The maximum Gasteiger partial charge on any atom is 0.387 e. The first-order valence-corrected chi connectivity index (χ1v) is 8.34. The van der Waals surface area contributed by atoms with Crippen molar-refractivity contribution >= 4 is 17.7 Å². The third-order valence-electron chi connectivity index (χ3n) is 3.04. The van der Waals surface area contributed by atoms with Crippen molar-refractivity contribution in [1.29, 1.82) is 0 Å². The first-order chi connectivity index (χ1) is 11.1. The Kier molecular flexibility index (Phi) is 6.57. The Labute approximate surface area is 137 Å². The molecule has 1 aromatic rings. The molecule has 0 aliphatic carbocycles. The summed E-state index contributed by atoms with van der Waals surface area (Å²) in [6.45, 7) is -1.83. The lowest BCUT2D eigenvalue weighted by Crippen LogP contribution is -2.38. The van der Waals surface area contributed by atoms with Crippen LogP contribution < -0.4 is 24.8 Å². The fourth-order valence-corrected chi connectivity index (χ4v) is 2.29. The molecule has 0 aromatic heterocycles. The highest BCUT2D eigenvalue weighted by molar-refractivity contribution is 7.98. The van der Waals surface area contributed by atoms with Gasteiger partial charge in [0.15, 0.2) is 17.5 Å². The number of nitrogens with zero attached hydrogens (tertiary/aromatic N) is 1. The second-order valence-electron chi connectivity index (χ2n) is 4.54. The number of ether oxygens (including phenoxy) is 3. The van der Waals surface area contributed by atoms with Crippen LogP contribution in [0.3, 0.4) is 0 Å². The van der Waals surface area contributed by atoms with E-state index in [0.717, 1.165) is 12.3 Å². The Morgan fingerprint density at radius 1 is 1.35 bits per heavy atom. The molecule has 0 saturated heterocycles. The zero-order valence-corrected chi connectivity index (χ0v) is 13.7. The quantitative estimate of drug-likeness (QED) is 0.447. The van der Waals surface area contributed by atoms with E-state index >= 15 is 0 Å². The molecule has 1 aromatic carbocycles. The summed E-state index contributed by atoms with van der Waals surface area (Å²) in [5.41, 5.74) is 0.530. The second kappa shape index (κ2) is 8.66. The van der Waals surface area contributed by atoms with Gasteiger partial charge >= 0.3 is 6.61 Å². The molecule has 1 aliphatic rings. The molecule has 0 bridgehead atoms. The van der Waals surface area contributed by atoms with Crippen LogP contribution in [0.25, 0.3) is 0 Å². The first-order valence-electron chi connectivity index (χ1n) is 6.94. The van der Waals surface area contributed by atoms with Crippen molar-refractivity contribution in [2.24, 2.45) is 4.99 Å². The highest BCUT2D eigenvalue weighted by Crippen LogP contribution is 2.38. The summed E-state index contributed by atoms with van der Waals surface area (Å²) in [5, 5.41) is 6.18. The van der Waals surface area contributed by atoms with Gasteiger partial charge in [0.25, 0.3) is 0 Å². The van der Waals surface area contributed by atoms with Gasteiger partial charge in [-0.3, -0.25) is 4.99 Å². The number of hydrogen-bond acceptors (Lipinski definition) is 5. The van der Waals surface area contributed by atoms with E-state index in [1.54, 1.807) is 24.9 Å². The maximum atomic E-state index is 12.6. The first kappa shape index (κ1) is 17.5. The van der Waals surface area contributed by atoms with Crippen LogP contribution in [-0.2, 0) is 6.54 Å².